The molecule has 0 saturated heterocycles. The molecule has 12 nitrogen and oxygen atoms in total. The maximum atomic E-state index is 14.8. The number of amides is 2. The summed E-state index contributed by atoms with van der Waals surface area (Å²) in [6.45, 7) is -3.74. The van der Waals surface area contributed by atoms with Crippen molar-refractivity contribution in [2.45, 2.75) is 37.0 Å². The van der Waals surface area contributed by atoms with E-state index in [1.165, 1.54) is 6.92 Å². The summed E-state index contributed by atoms with van der Waals surface area (Å²) >= 11 is 0. The molecule has 2 aliphatic rings. The molecule has 2 aliphatic heterocycles. The van der Waals surface area contributed by atoms with Gasteiger partial charge in [-0.15, -0.1) is 8.78 Å². The molecule has 6 rings (SSSR count). The van der Waals surface area contributed by atoms with Crippen molar-refractivity contribution >= 4 is 22.7 Å². The van der Waals surface area contributed by atoms with Crippen LogP contribution in [0.5, 0.6) is 23.0 Å². The average molecular weight is 686 g/mol. The van der Waals surface area contributed by atoms with Crippen LogP contribution in [0.2, 0.25) is 0 Å². The number of aliphatic hydroxyl groups is 1. The Hall–Kier alpha value is -5.33. The number of alkyl halides is 7. The fourth-order valence-corrected chi connectivity index (χ4v) is 5.25. The van der Waals surface area contributed by atoms with Crippen molar-refractivity contribution in [3.05, 3.63) is 59.4 Å². The van der Waals surface area contributed by atoms with Crippen molar-refractivity contribution in [2.75, 3.05) is 20.3 Å². The normalized spacial score (nSPS) is 19.1. The van der Waals surface area contributed by atoms with Gasteiger partial charge in [0.1, 0.15) is 34.7 Å². The van der Waals surface area contributed by atoms with E-state index in [0.717, 1.165) is 49.7 Å². The molecule has 2 amide bonds. The van der Waals surface area contributed by atoms with Crippen molar-refractivity contribution in [1.29, 1.82) is 0 Å². The molecule has 2 atom stereocenters. The number of aromatic nitrogens is 3. The van der Waals surface area contributed by atoms with Gasteiger partial charge in [0.25, 0.3) is 5.91 Å². The largest absolute Gasteiger partial charge is 0.586 e. The van der Waals surface area contributed by atoms with E-state index in [0.29, 0.717) is 4.68 Å². The predicted octanol–water partition coefficient (Wildman–Crippen LogP) is 4.14. The Balaban J connectivity index is 1.42. The molecule has 48 heavy (non-hydrogen) atoms. The number of carbonyl (C=O) groups excluding carboxylic acids is 2. The summed E-state index contributed by atoms with van der Waals surface area (Å²) in [4.78, 5) is 29.6. The lowest BCUT2D eigenvalue weighted by Gasteiger charge is -2.31. The van der Waals surface area contributed by atoms with Crippen LogP contribution in [0.15, 0.2) is 42.6 Å². The van der Waals surface area contributed by atoms with Crippen LogP contribution < -0.4 is 30.0 Å². The van der Waals surface area contributed by atoms with Gasteiger partial charge in [0.2, 0.25) is 11.5 Å². The Morgan fingerprint density at radius 1 is 1.15 bits per heavy atom. The van der Waals surface area contributed by atoms with E-state index < -0.39 is 72.1 Å². The number of methoxy groups -OCH3 is 1. The van der Waals surface area contributed by atoms with Crippen LogP contribution >= 0.6 is 0 Å². The maximum absolute atomic E-state index is 14.8. The monoisotopic (exact) mass is 685 g/mol. The number of hydrogen-bond acceptors (Lipinski definition) is 9. The lowest BCUT2D eigenvalue weighted by Crippen LogP contribution is -2.51. The summed E-state index contributed by atoms with van der Waals surface area (Å²) in [6, 6.07) is 6.08. The minimum atomic E-state index is -5.53. The second kappa shape index (κ2) is 10.9. The first-order valence-electron chi connectivity index (χ1n) is 13.7. The van der Waals surface area contributed by atoms with Crippen LogP contribution in [0.1, 0.15) is 35.1 Å². The number of halogens is 7. The lowest BCUT2D eigenvalue weighted by molar-refractivity contribution is -0.286. The van der Waals surface area contributed by atoms with Crippen LogP contribution in [-0.4, -0.2) is 64.4 Å². The van der Waals surface area contributed by atoms with Crippen LogP contribution in [0.25, 0.3) is 22.2 Å². The minimum Gasteiger partial charge on any atom is -0.494 e. The summed E-state index contributed by atoms with van der Waals surface area (Å²) in [5.41, 5.74) is -2.33. The molecule has 0 aliphatic carbocycles. The van der Waals surface area contributed by atoms with Crippen molar-refractivity contribution in [3.63, 3.8) is 0 Å². The standard InChI is InChI=1S/C29H22F7N5O7/c1-26(24(37)43)11-46-22-15(26)8-19(39-21(22)12-3-4-16-17(6-12)48-29(35,36)47-16)27(44,28(32,33)34)10-38-23(42)13-5-14-9-41(25(30)31)40-20(14)18(7-13)45-2/h3-9,25,44H,10-11H2,1-2H3,(H2,37,43)(H,38,42)/t26-,27-/m0/s1. The number of nitrogens with two attached hydrogens (primary N) is 1. The van der Waals surface area contributed by atoms with Gasteiger partial charge in [-0.3, -0.25) is 9.59 Å². The second-order valence-electron chi connectivity index (χ2n) is 11.1. The number of primary amides is 1. The van der Waals surface area contributed by atoms with Crippen LogP contribution in [-0.2, 0) is 15.8 Å². The average Bonchev–Trinajstić information content (AvgIpc) is 3.70. The van der Waals surface area contributed by atoms with Gasteiger partial charge >= 0.3 is 19.0 Å². The van der Waals surface area contributed by atoms with Gasteiger partial charge < -0.3 is 35.1 Å². The first-order chi connectivity index (χ1) is 22.4. The van der Waals surface area contributed by atoms with Gasteiger partial charge in [-0.2, -0.15) is 27.1 Å². The molecule has 4 heterocycles. The number of ether oxygens (including phenoxy) is 4. The van der Waals surface area contributed by atoms with E-state index >= 15 is 0 Å². The second-order valence-corrected chi connectivity index (χ2v) is 11.1. The number of benzene rings is 2. The summed E-state index contributed by atoms with van der Waals surface area (Å²) in [6.07, 6.45) is -8.65. The molecule has 0 spiro atoms. The molecule has 4 N–H and O–H groups in total. The molecule has 0 unspecified atom stereocenters. The molecule has 19 heteroatoms. The lowest BCUT2D eigenvalue weighted by atomic mass is 9.81. The van der Waals surface area contributed by atoms with Crippen molar-refractivity contribution in [2.24, 2.45) is 5.73 Å². The highest BCUT2D eigenvalue weighted by atomic mass is 19.4. The van der Waals surface area contributed by atoms with E-state index in [9.17, 15) is 45.4 Å². The number of nitrogens with one attached hydrogen (secondary N) is 1. The predicted molar refractivity (Wildman–Crippen MR) is 148 cm³/mol. The Bertz CT molecular complexity index is 1990. The topological polar surface area (TPSA) is 160 Å². The van der Waals surface area contributed by atoms with Gasteiger partial charge in [-0.1, -0.05) is 0 Å². The van der Waals surface area contributed by atoms with E-state index in [4.69, 9.17) is 15.2 Å². The minimum absolute atomic E-state index is 0.00281. The van der Waals surface area contributed by atoms with Crippen LogP contribution in [0, 0.1) is 0 Å². The third-order valence-electron chi connectivity index (χ3n) is 7.96. The van der Waals surface area contributed by atoms with E-state index in [-0.39, 0.29) is 44.8 Å². The molecular formula is C29H22F7N5O7. The molecule has 2 aromatic heterocycles. The number of rotatable bonds is 8. The van der Waals surface area contributed by atoms with Crippen LogP contribution in [0.3, 0.4) is 0 Å². The number of pyridine rings is 1. The number of fused-ring (bicyclic) bond motifs is 3. The molecule has 0 saturated carbocycles. The zero-order chi connectivity index (χ0) is 35.0. The summed E-state index contributed by atoms with van der Waals surface area (Å²) in [5.74, 6) is -3.40. The molecule has 254 valence electrons. The Labute approximate surface area is 264 Å². The third-order valence-corrected chi connectivity index (χ3v) is 7.96. The third kappa shape index (κ3) is 5.23. The van der Waals surface area contributed by atoms with Crippen molar-refractivity contribution in [1.82, 2.24) is 20.1 Å². The molecule has 0 bridgehead atoms. The van der Waals surface area contributed by atoms with Gasteiger partial charge in [-0.05, 0) is 43.3 Å². The zero-order valence-corrected chi connectivity index (χ0v) is 24.5. The fourth-order valence-electron chi connectivity index (χ4n) is 5.25. The molecular weight excluding hydrogens is 663 g/mol. The van der Waals surface area contributed by atoms with Gasteiger partial charge in [-0.25, -0.2) is 9.67 Å². The summed E-state index contributed by atoms with van der Waals surface area (Å²) < 4.78 is 118. The molecule has 0 fully saturated rings. The summed E-state index contributed by atoms with van der Waals surface area (Å²) in [7, 11) is 1.16. The van der Waals surface area contributed by atoms with Crippen LogP contribution in [0.4, 0.5) is 30.7 Å². The van der Waals surface area contributed by atoms with Gasteiger partial charge in [0, 0.05) is 28.3 Å². The first-order valence-corrected chi connectivity index (χ1v) is 13.7. The van der Waals surface area contributed by atoms with E-state index in [1.807, 2.05) is 5.32 Å². The highest BCUT2D eigenvalue weighted by molar-refractivity contribution is 6.00. The molecule has 4 aromatic rings. The first kappa shape index (κ1) is 32.6. The highest BCUT2D eigenvalue weighted by Gasteiger charge is 2.58. The van der Waals surface area contributed by atoms with E-state index in [1.54, 1.807) is 0 Å². The maximum Gasteiger partial charge on any atom is 0.586 e. The SMILES string of the molecule is COc1cc(C(=O)NC[C@](O)(c2cc3c(c(-c4ccc5c(c4)OC(F)(F)O5)n2)OC[C@]3(C)C(N)=O)C(F)(F)F)cc2cn(C(F)F)nc12. The summed E-state index contributed by atoms with van der Waals surface area (Å²) in [5, 5.41) is 16.9. The Morgan fingerprint density at radius 3 is 2.50 bits per heavy atom. The Kier molecular flexibility index (Phi) is 7.38. The highest BCUT2D eigenvalue weighted by Crippen LogP contribution is 2.50. The number of hydrogen-bond donors (Lipinski definition) is 3. The molecule has 2 aromatic carbocycles. The van der Waals surface area contributed by atoms with Crippen molar-refractivity contribution in [3.8, 4) is 34.3 Å². The van der Waals surface area contributed by atoms with Gasteiger partial charge in [0.15, 0.2) is 11.5 Å². The molecule has 0 radical (unpaired) electrons. The fraction of sp³-hybridized carbons (Fsp3) is 0.310. The number of carbonyl (C=O) groups is 2. The van der Waals surface area contributed by atoms with Crippen molar-refractivity contribution < 1.29 is 64.4 Å². The smallest absolute Gasteiger partial charge is 0.494 e. The van der Waals surface area contributed by atoms with E-state index in [2.05, 4.69) is 19.6 Å². The zero-order valence-electron chi connectivity index (χ0n) is 24.5. The Morgan fingerprint density at radius 2 is 1.85 bits per heavy atom. The number of nitrogens with zero attached hydrogens (tertiary/aromatic N) is 3. The van der Waals surface area contributed by atoms with Gasteiger partial charge in [0.05, 0.1) is 19.3 Å². The quantitative estimate of drug-likeness (QED) is 0.232.